The van der Waals surface area contributed by atoms with Crippen LogP contribution in [-0.2, 0) is 0 Å². The highest BCUT2D eigenvalue weighted by molar-refractivity contribution is 9.11. The summed E-state index contributed by atoms with van der Waals surface area (Å²) in [6.45, 7) is 1.41. The number of nitro groups is 1. The molecule has 0 amide bonds. The maximum absolute atomic E-state index is 10.5. The molecule has 1 aliphatic carbocycles. The normalized spacial score (nSPS) is 34.6. The molecule has 0 saturated carbocycles. The Bertz CT molecular complexity index is 270. The fourth-order valence-electron chi connectivity index (χ4n) is 0.996. The molecule has 1 N–H and O–H groups in total. The van der Waals surface area contributed by atoms with Crippen molar-refractivity contribution in [1.82, 2.24) is 0 Å². The first-order valence-electron chi connectivity index (χ1n) is 3.36. The van der Waals surface area contributed by atoms with Crippen LogP contribution in [0.2, 0.25) is 0 Å². The molecule has 2 unspecified atom stereocenters. The third-order valence-corrected chi connectivity index (χ3v) is 2.25. The predicted octanol–water partition coefficient (Wildman–Crippen LogP) is 1.23. The fraction of sp³-hybridized carbons (Fsp3) is 0.429. The van der Waals surface area contributed by atoms with Crippen LogP contribution in [0.5, 0.6) is 0 Å². The highest BCUT2D eigenvalue weighted by atomic mass is 79.9. The zero-order valence-electron chi connectivity index (χ0n) is 6.40. The molecule has 2 atom stereocenters. The molecule has 1 aliphatic rings. The number of allylic oxidation sites excluding steroid dienone is 2. The largest absolute Gasteiger partial charge is 0.378 e. The fourth-order valence-corrected chi connectivity index (χ4v) is 1.38. The predicted molar refractivity (Wildman–Crippen MR) is 47.6 cm³/mol. The van der Waals surface area contributed by atoms with Gasteiger partial charge in [-0.2, -0.15) is 0 Å². The van der Waals surface area contributed by atoms with Crippen LogP contribution in [0.1, 0.15) is 6.92 Å². The molecule has 0 bridgehead atoms. The average molecular weight is 234 g/mol. The first kappa shape index (κ1) is 9.41. The molecule has 0 saturated heterocycles. The second-order valence-electron chi connectivity index (χ2n) is 2.84. The third kappa shape index (κ3) is 1.73. The lowest BCUT2D eigenvalue weighted by Gasteiger charge is -2.23. The SMILES string of the molecule is CC1(O)C=CC(Br)=CC1[N+](=O)[O-]. The number of rotatable bonds is 1. The topological polar surface area (TPSA) is 63.4 Å². The van der Waals surface area contributed by atoms with Gasteiger partial charge in [0.2, 0.25) is 0 Å². The number of hydrogen-bond acceptors (Lipinski definition) is 3. The lowest BCUT2D eigenvalue weighted by Crippen LogP contribution is -2.42. The van der Waals surface area contributed by atoms with Gasteiger partial charge in [-0.3, -0.25) is 10.1 Å². The van der Waals surface area contributed by atoms with Crippen LogP contribution in [0.3, 0.4) is 0 Å². The molecule has 0 aromatic carbocycles. The molecular formula is C7H8BrNO3. The van der Waals surface area contributed by atoms with Crippen LogP contribution in [-0.4, -0.2) is 21.7 Å². The monoisotopic (exact) mass is 233 g/mol. The van der Waals surface area contributed by atoms with Gasteiger partial charge in [-0.25, -0.2) is 0 Å². The lowest BCUT2D eigenvalue weighted by molar-refractivity contribution is -0.527. The zero-order chi connectivity index (χ0) is 9.35. The van der Waals surface area contributed by atoms with Gasteiger partial charge in [0.05, 0.1) is 0 Å². The molecular weight excluding hydrogens is 226 g/mol. The van der Waals surface area contributed by atoms with E-state index >= 15 is 0 Å². The molecule has 12 heavy (non-hydrogen) atoms. The van der Waals surface area contributed by atoms with Gasteiger partial charge in [-0.1, -0.05) is 15.9 Å². The summed E-state index contributed by atoms with van der Waals surface area (Å²) >= 11 is 3.11. The molecule has 0 aromatic rings. The summed E-state index contributed by atoms with van der Waals surface area (Å²) in [6, 6.07) is -1.07. The summed E-state index contributed by atoms with van der Waals surface area (Å²) in [5.74, 6) is 0. The standard InChI is InChI=1S/C7H8BrNO3/c1-7(10)3-2-5(8)4-6(7)9(11)12/h2-4,6,10H,1H3. The van der Waals surface area contributed by atoms with Crippen molar-refractivity contribution in [2.75, 3.05) is 0 Å². The van der Waals surface area contributed by atoms with Crippen LogP contribution in [0.4, 0.5) is 0 Å². The summed E-state index contributed by atoms with van der Waals surface area (Å²) in [6.07, 6.45) is 4.38. The van der Waals surface area contributed by atoms with E-state index < -0.39 is 16.6 Å². The Balaban J connectivity index is 2.98. The van der Waals surface area contributed by atoms with Crippen LogP contribution >= 0.6 is 15.9 Å². The van der Waals surface area contributed by atoms with Gasteiger partial charge in [-0.05, 0) is 19.1 Å². The molecule has 66 valence electrons. The molecule has 0 spiro atoms. The number of halogens is 1. The first-order valence-corrected chi connectivity index (χ1v) is 4.15. The number of hydrogen-bond donors (Lipinski definition) is 1. The van der Waals surface area contributed by atoms with Gasteiger partial charge in [0.25, 0.3) is 6.04 Å². The summed E-state index contributed by atoms with van der Waals surface area (Å²) in [4.78, 5) is 9.95. The second-order valence-corrected chi connectivity index (χ2v) is 3.76. The van der Waals surface area contributed by atoms with E-state index in [4.69, 9.17) is 0 Å². The maximum Gasteiger partial charge on any atom is 0.264 e. The van der Waals surface area contributed by atoms with Crippen molar-refractivity contribution in [3.05, 3.63) is 32.8 Å². The first-order chi connectivity index (χ1) is 5.43. The van der Waals surface area contributed by atoms with Crippen molar-refractivity contribution in [2.24, 2.45) is 0 Å². The molecule has 0 heterocycles. The van der Waals surface area contributed by atoms with Gasteiger partial charge >= 0.3 is 0 Å². The minimum Gasteiger partial charge on any atom is -0.378 e. The molecule has 4 nitrogen and oxygen atoms in total. The molecule has 0 fully saturated rings. The van der Waals surface area contributed by atoms with Gasteiger partial charge in [0.1, 0.15) is 0 Å². The molecule has 0 aromatic heterocycles. The molecule has 0 radical (unpaired) electrons. The zero-order valence-corrected chi connectivity index (χ0v) is 7.98. The second kappa shape index (κ2) is 2.99. The number of nitrogens with zero attached hydrogens (tertiary/aromatic N) is 1. The quantitative estimate of drug-likeness (QED) is 0.548. The van der Waals surface area contributed by atoms with Crippen molar-refractivity contribution in [3.63, 3.8) is 0 Å². The van der Waals surface area contributed by atoms with Crippen LogP contribution in [0.15, 0.2) is 22.7 Å². The van der Waals surface area contributed by atoms with E-state index in [1.54, 1.807) is 6.08 Å². The summed E-state index contributed by atoms with van der Waals surface area (Å²) < 4.78 is 0.621. The average Bonchev–Trinajstić information content (AvgIpc) is 1.94. The summed E-state index contributed by atoms with van der Waals surface area (Å²) in [5.41, 5.74) is -1.39. The third-order valence-electron chi connectivity index (χ3n) is 1.72. The Morgan fingerprint density at radius 1 is 1.83 bits per heavy atom. The Morgan fingerprint density at radius 2 is 2.42 bits per heavy atom. The van der Waals surface area contributed by atoms with Crippen molar-refractivity contribution < 1.29 is 10.0 Å². The summed E-state index contributed by atoms with van der Waals surface area (Å²) in [5, 5.41) is 20.0. The van der Waals surface area contributed by atoms with E-state index in [1.165, 1.54) is 19.1 Å². The molecule has 1 rings (SSSR count). The highest BCUT2D eigenvalue weighted by Crippen LogP contribution is 2.25. The lowest BCUT2D eigenvalue weighted by atomic mass is 9.93. The molecule has 5 heteroatoms. The Labute approximate surface area is 77.9 Å². The van der Waals surface area contributed by atoms with Gasteiger partial charge < -0.3 is 5.11 Å². The molecule has 0 aliphatic heterocycles. The van der Waals surface area contributed by atoms with E-state index in [0.717, 1.165) is 0 Å². The van der Waals surface area contributed by atoms with Crippen molar-refractivity contribution >= 4 is 15.9 Å². The Kier molecular flexibility index (Phi) is 2.34. The van der Waals surface area contributed by atoms with Crippen molar-refractivity contribution in [1.29, 1.82) is 0 Å². The van der Waals surface area contributed by atoms with Gasteiger partial charge in [0, 0.05) is 15.5 Å². The van der Waals surface area contributed by atoms with Crippen molar-refractivity contribution in [2.45, 2.75) is 18.6 Å². The minimum atomic E-state index is -1.39. The van der Waals surface area contributed by atoms with E-state index in [1.807, 2.05) is 0 Å². The smallest absolute Gasteiger partial charge is 0.264 e. The van der Waals surface area contributed by atoms with E-state index in [2.05, 4.69) is 15.9 Å². The van der Waals surface area contributed by atoms with Crippen LogP contribution in [0, 0.1) is 10.1 Å². The van der Waals surface area contributed by atoms with Crippen LogP contribution in [0.25, 0.3) is 0 Å². The Hall–Kier alpha value is -0.680. The van der Waals surface area contributed by atoms with Gasteiger partial charge in [-0.15, -0.1) is 0 Å². The Morgan fingerprint density at radius 3 is 2.83 bits per heavy atom. The van der Waals surface area contributed by atoms with Crippen LogP contribution < -0.4 is 0 Å². The van der Waals surface area contributed by atoms with E-state index in [0.29, 0.717) is 4.48 Å². The summed E-state index contributed by atoms with van der Waals surface area (Å²) in [7, 11) is 0. The highest BCUT2D eigenvalue weighted by Gasteiger charge is 2.39. The van der Waals surface area contributed by atoms with E-state index in [9.17, 15) is 15.2 Å². The maximum atomic E-state index is 10.5. The minimum absolute atomic E-state index is 0.509. The van der Waals surface area contributed by atoms with E-state index in [-0.39, 0.29) is 0 Å². The van der Waals surface area contributed by atoms with Crippen molar-refractivity contribution in [3.8, 4) is 0 Å². The number of aliphatic hydroxyl groups is 1. The van der Waals surface area contributed by atoms with Gasteiger partial charge in [0.15, 0.2) is 5.60 Å².